The molecule has 0 bridgehead atoms. The average Bonchev–Trinajstić information content (AvgIpc) is 2.38. The number of nitrogens with one attached hydrogen (secondary N) is 1. The second-order valence-electron chi connectivity index (χ2n) is 5.91. The molecule has 0 amide bonds. The van der Waals surface area contributed by atoms with Gasteiger partial charge in [0.25, 0.3) is 0 Å². The molecule has 1 aliphatic rings. The first-order chi connectivity index (χ1) is 8.52. The van der Waals surface area contributed by atoms with Gasteiger partial charge in [0.15, 0.2) is 5.82 Å². The Hall–Kier alpha value is -1.36. The van der Waals surface area contributed by atoms with Gasteiger partial charge in [0.05, 0.1) is 12.4 Å². The maximum Gasteiger partial charge on any atom is 0.160 e. The van der Waals surface area contributed by atoms with Crippen molar-refractivity contribution in [2.45, 2.75) is 45.6 Å². The fraction of sp³-hybridized carbons (Fsp3) is 0.692. The van der Waals surface area contributed by atoms with Crippen molar-refractivity contribution in [2.75, 3.05) is 17.4 Å². The Labute approximate surface area is 109 Å². The van der Waals surface area contributed by atoms with Crippen LogP contribution in [0.4, 0.5) is 11.6 Å². The molecule has 100 valence electrons. The van der Waals surface area contributed by atoms with E-state index in [1.807, 2.05) is 0 Å². The standard InChI is InChI=1S/C13H23N5/c1-13(2)6-4-10(5-7-13)18(3)12-9-15-8-11(16-12)17-14/h8-10H,4-7,14H2,1-3H3,(H,16,17). The molecular formula is C13H23N5. The lowest BCUT2D eigenvalue weighted by Gasteiger charge is -2.39. The van der Waals surface area contributed by atoms with E-state index in [2.05, 4.69) is 41.2 Å². The van der Waals surface area contributed by atoms with Gasteiger partial charge in [0.2, 0.25) is 0 Å². The number of nitrogens with two attached hydrogens (primary N) is 1. The van der Waals surface area contributed by atoms with Crippen LogP contribution in [-0.2, 0) is 0 Å². The van der Waals surface area contributed by atoms with Gasteiger partial charge in [-0.25, -0.2) is 10.8 Å². The Morgan fingerprint density at radius 3 is 2.61 bits per heavy atom. The summed E-state index contributed by atoms with van der Waals surface area (Å²) < 4.78 is 0. The molecule has 5 nitrogen and oxygen atoms in total. The molecule has 0 spiro atoms. The van der Waals surface area contributed by atoms with Crippen molar-refractivity contribution in [3.05, 3.63) is 12.4 Å². The fourth-order valence-electron chi connectivity index (χ4n) is 2.55. The van der Waals surface area contributed by atoms with Gasteiger partial charge < -0.3 is 10.3 Å². The number of rotatable bonds is 3. The fourth-order valence-corrected chi connectivity index (χ4v) is 2.55. The summed E-state index contributed by atoms with van der Waals surface area (Å²) in [7, 11) is 2.09. The highest BCUT2D eigenvalue weighted by Crippen LogP contribution is 2.37. The minimum Gasteiger partial charge on any atom is -0.355 e. The Morgan fingerprint density at radius 1 is 1.33 bits per heavy atom. The van der Waals surface area contributed by atoms with Crippen LogP contribution in [-0.4, -0.2) is 23.1 Å². The van der Waals surface area contributed by atoms with E-state index in [4.69, 9.17) is 5.84 Å². The van der Waals surface area contributed by atoms with E-state index in [0.717, 1.165) is 5.82 Å². The molecule has 1 aromatic rings. The summed E-state index contributed by atoms with van der Waals surface area (Å²) in [6.45, 7) is 4.70. The molecule has 1 aromatic heterocycles. The van der Waals surface area contributed by atoms with E-state index in [1.54, 1.807) is 12.4 Å². The van der Waals surface area contributed by atoms with E-state index in [9.17, 15) is 0 Å². The number of hydrazine groups is 1. The summed E-state index contributed by atoms with van der Waals surface area (Å²) in [5.74, 6) is 6.85. The molecule has 1 fully saturated rings. The Morgan fingerprint density at radius 2 is 2.00 bits per heavy atom. The second-order valence-corrected chi connectivity index (χ2v) is 5.91. The van der Waals surface area contributed by atoms with Crippen LogP contribution >= 0.6 is 0 Å². The van der Waals surface area contributed by atoms with E-state index >= 15 is 0 Å². The first kappa shape index (κ1) is 13.1. The Bertz CT molecular complexity index is 394. The molecule has 0 atom stereocenters. The van der Waals surface area contributed by atoms with Crippen LogP contribution in [0.25, 0.3) is 0 Å². The van der Waals surface area contributed by atoms with Crippen molar-refractivity contribution in [3.63, 3.8) is 0 Å². The van der Waals surface area contributed by atoms with Crippen LogP contribution in [0.3, 0.4) is 0 Å². The summed E-state index contributed by atoms with van der Waals surface area (Å²) in [5.41, 5.74) is 3.03. The van der Waals surface area contributed by atoms with E-state index in [1.165, 1.54) is 25.7 Å². The van der Waals surface area contributed by atoms with Gasteiger partial charge >= 0.3 is 0 Å². The van der Waals surface area contributed by atoms with Crippen molar-refractivity contribution in [3.8, 4) is 0 Å². The van der Waals surface area contributed by atoms with Crippen LogP contribution in [0, 0.1) is 5.41 Å². The van der Waals surface area contributed by atoms with Crippen molar-refractivity contribution < 1.29 is 0 Å². The van der Waals surface area contributed by atoms with Crippen molar-refractivity contribution in [1.29, 1.82) is 0 Å². The summed E-state index contributed by atoms with van der Waals surface area (Å²) in [4.78, 5) is 10.8. The van der Waals surface area contributed by atoms with Gasteiger partial charge in [0.1, 0.15) is 5.82 Å². The molecule has 0 radical (unpaired) electrons. The van der Waals surface area contributed by atoms with Crippen LogP contribution in [0.15, 0.2) is 12.4 Å². The third-order valence-corrected chi connectivity index (χ3v) is 3.99. The lowest BCUT2D eigenvalue weighted by molar-refractivity contribution is 0.222. The molecule has 0 aromatic carbocycles. The third kappa shape index (κ3) is 2.90. The molecule has 5 heteroatoms. The minimum absolute atomic E-state index is 0.490. The SMILES string of the molecule is CN(c1cncc(NN)n1)C1CCC(C)(C)CC1. The van der Waals surface area contributed by atoms with Crippen LogP contribution in [0.2, 0.25) is 0 Å². The molecule has 0 aliphatic heterocycles. The molecule has 0 saturated heterocycles. The normalized spacial score (nSPS) is 19.6. The second kappa shape index (κ2) is 5.10. The van der Waals surface area contributed by atoms with E-state index in [0.29, 0.717) is 17.3 Å². The highest BCUT2D eigenvalue weighted by atomic mass is 15.3. The minimum atomic E-state index is 0.490. The molecular weight excluding hydrogens is 226 g/mol. The highest BCUT2D eigenvalue weighted by Gasteiger charge is 2.29. The summed E-state index contributed by atoms with van der Waals surface area (Å²) in [5, 5.41) is 0. The number of nitrogen functional groups attached to an aromatic ring is 1. The maximum atomic E-state index is 5.36. The van der Waals surface area contributed by atoms with Gasteiger partial charge in [-0.1, -0.05) is 13.8 Å². The lowest BCUT2D eigenvalue weighted by atomic mass is 9.75. The molecule has 1 aliphatic carbocycles. The maximum absolute atomic E-state index is 5.36. The summed E-state index contributed by atoms with van der Waals surface area (Å²) >= 11 is 0. The van der Waals surface area contributed by atoms with Crippen LogP contribution in [0.1, 0.15) is 39.5 Å². The first-order valence-electron chi connectivity index (χ1n) is 6.53. The molecule has 2 rings (SSSR count). The number of hydrogen-bond acceptors (Lipinski definition) is 5. The molecule has 0 unspecified atom stereocenters. The smallest absolute Gasteiger partial charge is 0.160 e. The monoisotopic (exact) mass is 249 g/mol. The topological polar surface area (TPSA) is 67.1 Å². The largest absolute Gasteiger partial charge is 0.355 e. The average molecular weight is 249 g/mol. The predicted octanol–water partition coefficient (Wildman–Crippen LogP) is 2.17. The van der Waals surface area contributed by atoms with Gasteiger partial charge in [-0.3, -0.25) is 4.98 Å². The third-order valence-electron chi connectivity index (χ3n) is 3.99. The lowest BCUT2D eigenvalue weighted by Crippen LogP contribution is -2.37. The van der Waals surface area contributed by atoms with Gasteiger partial charge in [0, 0.05) is 13.1 Å². The van der Waals surface area contributed by atoms with Gasteiger partial charge in [-0.2, -0.15) is 0 Å². The number of nitrogens with zero attached hydrogens (tertiary/aromatic N) is 3. The van der Waals surface area contributed by atoms with Gasteiger partial charge in [-0.05, 0) is 31.1 Å². The summed E-state index contributed by atoms with van der Waals surface area (Å²) in [6.07, 6.45) is 8.38. The Kier molecular flexibility index (Phi) is 3.71. The van der Waals surface area contributed by atoms with Crippen molar-refractivity contribution in [2.24, 2.45) is 11.3 Å². The Balaban J connectivity index is 2.05. The number of aromatic nitrogens is 2. The highest BCUT2D eigenvalue weighted by molar-refractivity contribution is 5.43. The van der Waals surface area contributed by atoms with Crippen molar-refractivity contribution >= 4 is 11.6 Å². The first-order valence-corrected chi connectivity index (χ1v) is 6.53. The number of hydrogen-bond donors (Lipinski definition) is 2. The zero-order valence-electron chi connectivity index (χ0n) is 11.5. The molecule has 3 N–H and O–H groups in total. The van der Waals surface area contributed by atoms with Crippen molar-refractivity contribution in [1.82, 2.24) is 9.97 Å². The zero-order valence-corrected chi connectivity index (χ0v) is 11.5. The van der Waals surface area contributed by atoms with E-state index < -0.39 is 0 Å². The number of anilines is 2. The van der Waals surface area contributed by atoms with Crippen LogP contribution < -0.4 is 16.2 Å². The predicted molar refractivity (Wildman–Crippen MR) is 74.3 cm³/mol. The molecule has 1 saturated carbocycles. The quantitative estimate of drug-likeness (QED) is 0.635. The summed E-state index contributed by atoms with van der Waals surface area (Å²) in [6, 6.07) is 0.556. The van der Waals surface area contributed by atoms with Crippen LogP contribution in [0.5, 0.6) is 0 Å². The molecule has 1 heterocycles. The van der Waals surface area contributed by atoms with Gasteiger partial charge in [-0.15, -0.1) is 0 Å². The molecule has 18 heavy (non-hydrogen) atoms. The van der Waals surface area contributed by atoms with E-state index in [-0.39, 0.29) is 0 Å². The zero-order chi connectivity index (χ0) is 13.2.